The third-order valence-corrected chi connectivity index (χ3v) is 3.33. The van der Waals surface area contributed by atoms with Crippen LogP contribution in [0.5, 0.6) is 11.5 Å². The average Bonchev–Trinajstić information content (AvgIpc) is 2.60. The number of amides is 1. The molecule has 2 aromatic rings. The average molecular weight is 344 g/mol. The van der Waals surface area contributed by atoms with Gasteiger partial charge < -0.3 is 14.8 Å². The number of anilines is 1. The van der Waals surface area contributed by atoms with Crippen molar-refractivity contribution in [1.82, 2.24) is 5.32 Å². The summed E-state index contributed by atoms with van der Waals surface area (Å²) in [4.78, 5) is 12.3. The van der Waals surface area contributed by atoms with Crippen molar-refractivity contribution in [2.45, 2.75) is 13.3 Å². The van der Waals surface area contributed by atoms with E-state index < -0.39 is 0 Å². The molecule has 6 heteroatoms. The van der Waals surface area contributed by atoms with Crippen LogP contribution in [0.2, 0.25) is 0 Å². The van der Waals surface area contributed by atoms with E-state index in [-0.39, 0.29) is 11.0 Å². The molecular formula is C18H20N2O3S. The molecule has 0 aliphatic heterocycles. The summed E-state index contributed by atoms with van der Waals surface area (Å²) in [5.41, 5.74) is 1.22. The number of rotatable bonds is 6. The van der Waals surface area contributed by atoms with Crippen LogP contribution in [0.3, 0.4) is 0 Å². The normalized spacial score (nSPS) is 9.92. The minimum Gasteiger partial charge on any atom is -0.497 e. The van der Waals surface area contributed by atoms with E-state index in [0.29, 0.717) is 23.7 Å². The summed E-state index contributed by atoms with van der Waals surface area (Å²) in [6.45, 7) is 2.64. The summed E-state index contributed by atoms with van der Waals surface area (Å²) in [7, 11) is 1.59. The lowest BCUT2D eigenvalue weighted by atomic mass is 10.2. The molecule has 126 valence electrons. The summed E-state index contributed by atoms with van der Waals surface area (Å²) in [5.74, 6) is 1.07. The molecule has 0 radical (unpaired) electrons. The standard InChI is InChI=1S/C18H20N2O3S/c1-3-10-23-16-9-4-6-13(11-16)17(21)20-18(24)19-14-7-5-8-15(12-14)22-2/h4-9,11-12H,3,10H2,1-2H3,(H2,19,20,21,24). The molecule has 1 amide bonds. The number of thiocarbonyl (C=S) groups is 1. The zero-order chi connectivity index (χ0) is 17.4. The van der Waals surface area contributed by atoms with Gasteiger partial charge in [0.05, 0.1) is 13.7 Å². The van der Waals surface area contributed by atoms with E-state index >= 15 is 0 Å². The van der Waals surface area contributed by atoms with Crippen LogP contribution in [0.4, 0.5) is 5.69 Å². The Morgan fingerprint density at radius 2 is 1.88 bits per heavy atom. The molecule has 2 N–H and O–H groups in total. The number of hydrogen-bond acceptors (Lipinski definition) is 4. The zero-order valence-electron chi connectivity index (χ0n) is 13.7. The van der Waals surface area contributed by atoms with Gasteiger partial charge in [0.25, 0.3) is 5.91 Å². The van der Waals surface area contributed by atoms with Crippen molar-refractivity contribution in [1.29, 1.82) is 0 Å². The predicted molar refractivity (Wildman–Crippen MR) is 98.9 cm³/mol. The Bertz CT molecular complexity index is 719. The van der Waals surface area contributed by atoms with Crippen LogP contribution < -0.4 is 20.1 Å². The highest BCUT2D eigenvalue weighted by Crippen LogP contribution is 2.17. The fourth-order valence-corrected chi connectivity index (χ4v) is 2.20. The van der Waals surface area contributed by atoms with Gasteiger partial charge >= 0.3 is 0 Å². The summed E-state index contributed by atoms with van der Waals surface area (Å²) < 4.78 is 10.7. The molecule has 0 unspecified atom stereocenters. The fraction of sp³-hybridized carbons (Fsp3) is 0.222. The van der Waals surface area contributed by atoms with Crippen LogP contribution in [0.1, 0.15) is 23.7 Å². The second-order valence-corrected chi connectivity index (χ2v) is 5.42. The third kappa shape index (κ3) is 5.24. The van der Waals surface area contributed by atoms with Crippen LogP contribution in [0.15, 0.2) is 48.5 Å². The van der Waals surface area contributed by atoms with Gasteiger partial charge in [-0.1, -0.05) is 19.1 Å². The lowest BCUT2D eigenvalue weighted by molar-refractivity contribution is 0.0977. The molecule has 0 aromatic heterocycles. The van der Waals surface area contributed by atoms with Gasteiger partial charge in [-0.05, 0) is 49.0 Å². The van der Waals surface area contributed by atoms with Crippen molar-refractivity contribution in [2.75, 3.05) is 19.0 Å². The van der Waals surface area contributed by atoms with Crippen LogP contribution in [-0.2, 0) is 0 Å². The largest absolute Gasteiger partial charge is 0.497 e. The van der Waals surface area contributed by atoms with Gasteiger partial charge in [0, 0.05) is 17.3 Å². The first-order chi connectivity index (χ1) is 11.6. The number of methoxy groups -OCH3 is 1. The maximum absolute atomic E-state index is 12.3. The number of benzene rings is 2. The summed E-state index contributed by atoms with van der Waals surface area (Å²) in [6.07, 6.45) is 0.908. The van der Waals surface area contributed by atoms with Gasteiger partial charge in [0.2, 0.25) is 0 Å². The summed E-state index contributed by atoms with van der Waals surface area (Å²) in [6, 6.07) is 14.3. The van der Waals surface area contributed by atoms with Gasteiger partial charge in [0.1, 0.15) is 11.5 Å². The Labute approximate surface area is 147 Å². The van der Waals surface area contributed by atoms with Gasteiger partial charge in [0.15, 0.2) is 5.11 Å². The van der Waals surface area contributed by atoms with E-state index in [0.717, 1.165) is 12.1 Å². The van der Waals surface area contributed by atoms with Gasteiger partial charge in [-0.2, -0.15) is 0 Å². The predicted octanol–water partition coefficient (Wildman–Crippen LogP) is 3.61. The molecule has 0 saturated carbocycles. The smallest absolute Gasteiger partial charge is 0.257 e. The van der Waals surface area contributed by atoms with E-state index in [2.05, 4.69) is 10.6 Å². The molecule has 0 heterocycles. The number of carbonyl (C=O) groups is 1. The molecule has 2 aromatic carbocycles. The molecular weight excluding hydrogens is 324 g/mol. The molecule has 0 saturated heterocycles. The van der Waals surface area contributed by atoms with Crippen molar-refractivity contribution < 1.29 is 14.3 Å². The molecule has 2 rings (SSSR count). The molecule has 0 atom stereocenters. The minimum atomic E-state index is -0.294. The van der Waals surface area contributed by atoms with Crippen molar-refractivity contribution >= 4 is 28.9 Å². The summed E-state index contributed by atoms with van der Waals surface area (Å²) in [5, 5.41) is 5.82. The number of carbonyl (C=O) groups excluding carboxylic acids is 1. The first-order valence-electron chi connectivity index (χ1n) is 7.61. The van der Waals surface area contributed by atoms with Crippen molar-refractivity contribution in [3.63, 3.8) is 0 Å². The Morgan fingerprint density at radius 1 is 1.12 bits per heavy atom. The van der Waals surface area contributed by atoms with Crippen LogP contribution in [-0.4, -0.2) is 24.7 Å². The first kappa shape index (κ1) is 17.7. The molecule has 24 heavy (non-hydrogen) atoms. The van der Waals surface area contributed by atoms with Gasteiger partial charge in [-0.15, -0.1) is 0 Å². The highest BCUT2D eigenvalue weighted by Gasteiger charge is 2.09. The monoisotopic (exact) mass is 344 g/mol. The SMILES string of the molecule is CCCOc1cccc(C(=O)NC(=S)Nc2cccc(OC)c2)c1. The number of ether oxygens (including phenoxy) is 2. The van der Waals surface area contributed by atoms with E-state index in [4.69, 9.17) is 21.7 Å². The van der Waals surface area contributed by atoms with Crippen molar-refractivity contribution in [2.24, 2.45) is 0 Å². The van der Waals surface area contributed by atoms with E-state index in [1.54, 1.807) is 31.4 Å². The highest BCUT2D eigenvalue weighted by atomic mass is 32.1. The fourth-order valence-electron chi connectivity index (χ4n) is 1.99. The highest BCUT2D eigenvalue weighted by molar-refractivity contribution is 7.80. The van der Waals surface area contributed by atoms with E-state index in [1.807, 2.05) is 31.2 Å². The quantitative estimate of drug-likeness (QED) is 0.784. The number of hydrogen-bond donors (Lipinski definition) is 2. The maximum atomic E-state index is 12.3. The topological polar surface area (TPSA) is 59.6 Å². The van der Waals surface area contributed by atoms with E-state index in [9.17, 15) is 4.79 Å². The Balaban J connectivity index is 1.97. The molecule has 0 fully saturated rings. The van der Waals surface area contributed by atoms with Crippen molar-refractivity contribution in [3.05, 3.63) is 54.1 Å². The second-order valence-electron chi connectivity index (χ2n) is 5.02. The molecule has 0 aliphatic carbocycles. The van der Waals surface area contributed by atoms with Crippen LogP contribution in [0.25, 0.3) is 0 Å². The Kier molecular flexibility index (Phi) is 6.57. The Morgan fingerprint density at radius 3 is 2.62 bits per heavy atom. The Hall–Kier alpha value is -2.60. The number of nitrogens with one attached hydrogen (secondary N) is 2. The van der Waals surface area contributed by atoms with Gasteiger partial charge in [-0.3, -0.25) is 10.1 Å². The lowest BCUT2D eigenvalue weighted by Crippen LogP contribution is -2.34. The van der Waals surface area contributed by atoms with E-state index in [1.165, 1.54) is 0 Å². The summed E-state index contributed by atoms with van der Waals surface area (Å²) >= 11 is 5.18. The lowest BCUT2D eigenvalue weighted by Gasteiger charge is -2.11. The third-order valence-electron chi connectivity index (χ3n) is 3.12. The molecule has 0 aliphatic rings. The van der Waals surface area contributed by atoms with Crippen molar-refractivity contribution in [3.8, 4) is 11.5 Å². The minimum absolute atomic E-state index is 0.216. The first-order valence-corrected chi connectivity index (χ1v) is 8.02. The zero-order valence-corrected chi connectivity index (χ0v) is 14.5. The maximum Gasteiger partial charge on any atom is 0.257 e. The second kappa shape index (κ2) is 8.88. The molecule has 0 bridgehead atoms. The van der Waals surface area contributed by atoms with Gasteiger partial charge in [-0.25, -0.2) is 0 Å². The van der Waals surface area contributed by atoms with Crippen LogP contribution >= 0.6 is 12.2 Å². The van der Waals surface area contributed by atoms with Crippen LogP contribution in [0, 0.1) is 0 Å². The molecule has 0 spiro atoms. The molecule has 5 nitrogen and oxygen atoms in total.